The highest BCUT2D eigenvalue weighted by atomic mass is 16.5. The molecule has 3 N–H and O–H groups in total. The van der Waals surface area contributed by atoms with Crippen molar-refractivity contribution in [3.63, 3.8) is 0 Å². The molecule has 0 aliphatic carbocycles. The van der Waals surface area contributed by atoms with Crippen LogP contribution in [0.3, 0.4) is 0 Å². The van der Waals surface area contributed by atoms with Crippen molar-refractivity contribution in [1.29, 1.82) is 0 Å². The lowest BCUT2D eigenvalue weighted by Crippen LogP contribution is -2.46. The summed E-state index contributed by atoms with van der Waals surface area (Å²) in [7, 11) is 0. The molecule has 0 aromatic carbocycles. The van der Waals surface area contributed by atoms with E-state index in [-0.39, 0.29) is 24.9 Å². The zero-order valence-corrected chi connectivity index (χ0v) is 35.6. The third-order valence-electron chi connectivity index (χ3n) is 10.2. The number of unbranched alkanes of at least 4 members (excludes halogenated alkanes) is 22. The second-order valence-corrected chi connectivity index (χ2v) is 15.5. The Morgan fingerprint density at radius 3 is 1.57 bits per heavy atom. The number of aliphatic hydroxyl groups is 2. The van der Waals surface area contributed by atoms with Crippen LogP contribution >= 0.6 is 0 Å². The van der Waals surface area contributed by atoms with Crippen molar-refractivity contribution < 1.29 is 24.5 Å². The monoisotopic (exact) mass is 758 g/mol. The van der Waals surface area contributed by atoms with Crippen molar-refractivity contribution in [2.24, 2.45) is 0 Å². The number of rotatable bonds is 40. The van der Waals surface area contributed by atoms with Crippen LogP contribution in [0.15, 0.2) is 48.6 Å². The summed E-state index contributed by atoms with van der Waals surface area (Å²) in [6.07, 6.45) is 48.9. The second kappa shape index (κ2) is 42.0. The number of amides is 1. The molecule has 0 aliphatic rings. The van der Waals surface area contributed by atoms with Gasteiger partial charge in [-0.25, -0.2) is 0 Å². The summed E-state index contributed by atoms with van der Waals surface area (Å²) < 4.78 is 5.87. The van der Waals surface area contributed by atoms with E-state index >= 15 is 0 Å². The maximum atomic E-state index is 13.1. The molecule has 0 aromatic rings. The molecule has 6 heteroatoms. The molecular weight excluding hydrogens is 671 g/mol. The molecule has 0 aliphatic heterocycles. The lowest BCUT2D eigenvalue weighted by molar-refractivity contribution is -0.151. The maximum absolute atomic E-state index is 13.1. The fourth-order valence-electron chi connectivity index (χ4n) is 6.72. The molecule has 0 bridgehead atoms. The number of hydrogen-bond donors (Lipinski definition) is 3. The van der Waals surface area contributed by atoms with Gasteiger partial charge in [0, 0.05) is 6.42 Å². The average molecular weight is 758 g/mol. The highest BCUT2D eigenvalue weighted by Crippen LogP contribution is 2.17. The van der Waals surface area contributed by atoms with Crippen LogP contribution in [0.25, 0.3) is 0 Å². The third kappa shape index (κ3) is 36.8. The second-order valence-electron chi connectivity index (χ2n) is 15.5. The van der Waals surface area contributed by atoms with Crippen LogP contribution in [0.5, 0.6) is 0 Å². The summed E-state index contributed by atoms with van der Waals surface area (Å²) >= 11 is 0. The van der Waals surface area contributed by atoms with Crippen molar-refractivity contribution in [3.05, 3.63) is 48.6 Å². The summed E-state index contributed by atoms with van der Waals surface area (Å²) in [5.74, 6) is -0.530. The third-order valence-corrected chi connectivity index (χ3v) is 10.2. The first-order valence-electron chi connectivity index (χ1n) is 22.9. The summed E-state index contributed by atoms with van der Waals surface area (Å²) in [4.78, 5) is 25.9. The van der Waals surface area contributed by atoms with Crippen LogP contribution < -0.4 is 5.32 Å². The van der Waals surface area contributed by atoms with E-state index in [1.54, 1.807) is 0 Å². The van der Waals surface area contributed by atoms with Gasteiger partial charge in [0.1, 0.15) is 6.10 Å². The van der Waals surface area contributed by atoms with Crippen LogP contribution in [-0.2, 0) is 14.3 Å². The maximum Gasteiger partial charge on any atom is 0.306 e. The Morgan fingerprint density at radius 1 is 0.556 bits per heavy atom. The molecule has 0 spiro atoms. The quantitative estimate of drug-likeness (QED) is 0.0250. The number of aliphatic hydroxyl groups excluding tert-OH is 2. The van der Waals surface area contributed by atoms with Gasteiger partial charge in [-0.1, -0.05) is 185 Å². The lowest BCUT2D eigenvalue weighted by Gasteiger charge is -2.24. The SMILES string of the molecule is CC/C=C/C=C/C=C\CCCCCC(CC(=O)NC(CO)C(O)CCCCCCCCCCCC)OC(=O)CCCCC/C=C\CCCCCCCCC. The number of esters is 1. The van der Waals surface area contributed by atoms with Gasteiger partial charge in [0.15, 0.2) is 0 Å². The van der Waals surface area contributed by atoms with Gasteiger partial charge in [0.25, 0.3) is 0 Å². The Bertz CT molecular complexity index is 941. The molecule has 3 unspecified atom stereocenters. The van der Waals surface area contributed by atoms with Crippen molar-refractivity contribution in [3.8, 4) is 0 Å². The van der Waals surface area contributed by atoms with Crippen LogP contribution in [-0.4, -0.2) is 46.9 Å². The molecule has 314 valence electrons. The Kier molecular flexibility index (Phi) is 40.3. The van der Waals surface area contributed by atoms with Crippen LogP contribution in [0, 0.1) is 0 Å². The van der Waals surface area contributed by atoms with Crippen LogP contribution in [0.4, 0.5) is 0 Å². The number of nitrogens with one attached hydrogen (secondary N) is 1. The smallest absolute Gasteiger partial charge is 0.306 e. The topological polar surface area (TPSA) is 95.9 Å². The number of ether oxygens (including phenoxy) is 1. The van der Waals surface area contributed by atoms with Crippen LogP contribution in [0.2, 0.25) is 0 Å². The summed E-state index contributed by atoms with van der Waals surface area (Å²) in [5, 5.41) is 23.6. The molecule has 0 aromatic heterocycles. The Morgan fingerprint density at radius 2 is 1.02 bits per heavy atom. The minimum atomic E-state index is -0.797. The van der Waals surface area contributed by atoms with E-state index in [0.717, 1.165) is 83.5 Å². The standard InChI is InChI=1S/C48H87NO5/c1-4-7-10-13-16-19-22-23-24-26-29-32-35-38-41-48(53)54-44(39-36-33-30-27-25-20-17-14-11-8-5-2)42-47(52)49-45(43-50)46(51)40-37-34-31-28-21-18-15-12-9-6-3/h8,11,14,17,20,24-26,44-46,50-51H,4-7,9-10,12-13,15-16,18-19,21-23,27-43H2,1-3H3,(H,49,52)/b11-8+,17-14+,25-20-,26-24-. The number of carbonyl (C=O) groups is 2. The predicted molar refractivity (Wildman–Crippen MR) is 232 cm³/mol. The largest absolute Gasteiger partial charge is 0.462 e. The van der Waals surface area contributed by atoms with E-state index in [9.17, 15) is 19.8 Å². The molecule has 3 atom stereocenters. The van der Waals surface area contributed by atoms with E-state index in [0.29, 0.717) is 19.3 Å². The van der Waals surface area contributed by atoms with Gasteiger partial charge in [-0.3, -0.25) is 9.59 Å². The molecule has 0 fully saturated rings. The minimum Gasteiger partial charge on any atom is -0.462 e. The van der Waals surface area contributed by atoms with Gasteiger partial charge >= 0.3 is 5.97 Å². The molecule has 6 nitrogen and oxygen atoms in total. The minimum absolute atomic E-state index is 0.0483. The van der Waals surface area contributed by atoms with Gasteiger partial charge < -0.3 is 20.3 Å². The Labute approximate surface area is 334 Å². The molecule has 54 heavy (non-hydrogen) atoms. The first-order valence-corrected chi connectivity index (χ1v) is 22.9. The predicted octanol–water partition coefficient (Wildman–Crippen LogP) is 13.1. The Balaban J connectivity index is 4.64. The molecule has 0 saturated carbocycles. The van der Waals surface area contributed by atoms with Gasteiger partial charge in [-0.05, 0) is 70.6 Å². The van der Waals surface area contributed by atoms with Crippen molar-refractivity contribution >= 4 is 11.9 Å². The van der Waals surface area contributed by atoms with Crippen molar-refractivity contribution in [2.75, 3.05) is 6.61 Å². The Hall–Kier alpha value is -2.18. The summed E-state index contributed by atoms with van der Waals surface area (Å²) in [5.41, 5.74) is 0. The van der Waals surface area contributed by atoms with E-state index in [4.69, 9.17) is 4.74 Å². The molecule has 0 saturated heterocycles. The highest BCUT2D eigenvalue weighted by molar-refractivity contribution is 5.77. The molecule has 0 radical (unpaired) electrons. The van der Waals surface area contributed by atoms with Gasteiger partial charge in [-0.15, -0.1) is 0 Å². The summed E-state index contributed by atoms with van der Waals surface area (Å²) in [6.45, 7) is 6.30. The fourth-order valence-corrected chi connectivity index (χ4v) is 6.72. The van der Waals surface area contributed by atoms with E-state index in [2.05, 4.69) is 62.5 Å². The van der Waals surface area contributed by atoms with Gasteiger partial charge in [-0.2, -0.15) is 0 Å². The van der Waals surface area contributed by atoms with E-state index in [1.165, 1.54) is 89.9 Å². The molecular formula is C48H87NO5. The normalized spacial score (nSPS) is 13.8. The zero-order chi connectivity index (χ0) is 39.6. The zero-order valence-electron chi connectivity index (χ0n) is 35.6. The summed E-state index contributed by atoms with van der Waals surface area (Å²) in [6, 6.07) is -0.713. The van der Waals surface area contributed by atoms with Crippen LogP contribution in [0.1, 0.15) is 220 Å². The molecule has 0 rings (SSSR count). The van der Waals surface area contributed by atoms with Crippen molar-refractivity contribution in [2.45, 2.75) is 238 Å². The lowest BCUT2D eigenvalue weighted by atomic mass is 10.0. The first kappa shape index (κ1) is 51.8. The number of allylic oxidation sites excluding steroid dienone is 8. The number of hydrogen-bond acceptors (Lipinski definition) is 5. The highest BCUT2D eigenvalue weighted by Gasteiger charge is 2.24. The average Bonchev–Trinajstić information content (AvgIpc) is 3.16. The van der Waals surface area contributed by atoms with Crippen molar-refractivity contribution in [1.82, 2.24) is 5.32 Å². The number of carbonyl (C=O) groups excluding carboxylic acids is 2. The fraction of sp³-hybridized carbons (Fsp3) is 0.792. The first-order chi connectivity index (χ1) is 26.5. The molecule has 0 heterocycles. The van der Waals surface area contributed by atoms with Gasteiger partial charge in [0.2, 0.25) is 5.91 Å². The van der Waals surface area contributed by atoms with E-state index < -0.39 is 18.2 Å². The molecule has 1 amide bonds. The van der Waals surface area contributed by atoms with Gasteiger partial charge in [0.05, 0.1) is 25.2 Å². The van der Waals surface area contributed by atoms with E-state index in [1.807, 2.05) is 12.2 Å².